The van der Waals surface area contributed by atoms with Crippen molar-refractivity contribution in [3.63, 3.8) is 0 Å². The summed E-state index contributed by atoms with van der Waals surface area (Å²) in [7, 11) is 0. The highest BCUT2D eigenvalue weighted by Crippen LogP contribution is 2.25. The van der Waals surface area contributed by atoms with Crippen molar-refractivity contribution >= 4 is 28.9 Å². The second-order valence-electron chi connectivity index (χ2n) is 2.69. The molecule has 1 aromatic carbocycles. The van der Waals surface area contributed by atoms with E-state index in [-0.39, 0.29) is 16.4 Å². The summed E-state index contributed by atoms with van der Waals surface area (Å²) in [5.41, 5.74) is -0.274. The van der Waals surface area contributed by atoms with E-state index >= 15 is 0 Å². The molecule has 0 saturated carbocycles. The number of rotatable bonds is 3. The third kappa shape index (κ3) is 2.88. The molecule has 0 aliphatic rings. The molecule has 6 heteroatoms. The molecule has 78 valence electrons. The number of nitro benzene ring substituents is 1. The molecule has 0 aliphatic heterocycles. The highest BCUT2D eigenvalue weighted by molar-refractivity contribution is 8.13. The van der Waals surface area contributed by atoms with E-state index in [1.165, 1.54) is 25.1 Å². The van der Waals surface area contributed by atoms with E-state index in [9.17, 15) is 19.7 Å². The largest absolute Gasteiger partial charge is 0.298 e. The molecule has 0 aliphatic carbocycles. The molecule has 0 unspecified atom stereocenters. The zero-order chi connectivity index (χ0) is 11.4. The number of hydrogen-bond acceptors (Lipinski definition) is 5. The van der Waals surface area contributed by atoms with E-state index in [0.29, 0.717) is 11.2 Å². The van der Waals surface area contributed by atoms with Gasteiger partial charge >= 0.3 is 0 Å². The average Bonchev–Trinajstić information content (AvgIpc) is 2.16. The second kappa shape index (κ2) is 4.70. The van der Waals surface area contributed by atoms with Crippen LogP contribution in [-0.4, -0.2) is 16.3 Å². The molecule has 0 spiro atoms. The van der Waals surface area contributed by atoms with E-state index in [1.54, 1.807) is 0 Å². The molecule has 0 atom stereocenters. The van der Waals surface area contributed by atoms with Crippen LogP contribution in [-0.2, 0) is 4.79 Å². The fourth-order valence-electron chi connectivity index (χ4n) is 1.02. The van der Waals surface area contributed by atoms with Crippen molar-refractivity contribution in [2.45, 2.75) is 11.8 Å². The number of hydrogen-bond donors (Lipinski definition) is 0. The van der Waals surface area contributed by atoms with Crippen LogP contribution in [0.3, 0.4) is 0 Å². The van der Waals surface area contributed by atoms with E-state index < -0.39 is 4.92 Å². The lowest BCUT2D eigenvalue weighted by Gasteiger charge is -1.99. The van der Waals surface area contributed by atoms with E-state index in [4.69, 9.17) is 0 Å². The van der Waals surface area contributed by atoms with Gasteiger partial charge in [-0.2, -0.15) is 0 Å². The molecule has 0 radical (unpaired) electrons. The van der Waals surface area contributed by atoms with Crippen LogP contribution >= 0.6 is 11.8 Å². The molecular weight excluding hydrogens is 218 g/mol. The minimum absolute atomic E-state index is 0.0220. The van der Waals surface area contributed by atoms with Crippen LogP contribution in [0, 0.1) is 10.1 Å². The Morgan fingerprint density at radius 1 is 1.53 bits per heavy atom. The minimum Gasteiger partial charge on any atom is -0.298 e. The van der Waals surface area contributed by atoms with Crippen LogP contribution in [0.4, 0.5) is 5.69 Å². The van der Waals surface area contributed by atoms with Crippen LogP contribution in [0.15, 0.2) is 23.1 Å². The number of carbonyl (C=O) groups excluding carboxylic acids is 2. The van der Waals surface area contributed by atoms with Gasteiger partial charge in [0.2, 0.25) is 0 Å². The Morgan fingerprint density at radius 2 is 2.20 bits per heavy atom. The molecule has 15 heavy (non-hydrogen) atoms. The summed E-state index contributed by atoms with van der Waals surface area (Å²) in [5.74, 6) is 0. The zero-order valence-corrected chi connectivity index (χ0v) is 8.61. The highest BCUT2D eigenvalue weighted by atomic mass is 32.2. The van der Waals surface area contributed by atoms with Crippen LogP contribution < -0.4 is 0 Å². The van der Waals surface area contributed by atoms with Crippen LogP contribution in [0.2, 0.25) is 0 Å². The molecule has 0 heterocycles. The van der Waals surface area contributed by atoms with Crippen molar-refractivity contribution in [2.75, 3.05) is 0 Å². The second-order valence-corrected chi connectivity index (χ2v) is 3.94. The van der Waals surface area contributed by atoms with Gasteiger partial charge < -0.3 is 0 Å². The fraction of sp³-hybridized carbons (Fsp3) is 0.111. The van der Waals surface area contributed by atoms with Gasteiger partial charge in [-0.05, 0) is 12.1 Å². The quantitative estimate of drug-likeness (QED) is 0.340. The first-order chi connectivity index (χ1) is 7.04. The van der Waals surface area contributed by atoms with Crippen LogP contribution in [0.1, 0.15) is 17.3 Å². The van der Waals surface area contributed by atoms with Crippen molar-refractivity contribution in [3.05, 3.63) is 33.9 Å². The number of carbonyl (C=O) groups is 2. The van der Waals surface area contributed by atoms with Crippen molar-refractivity contribution in [1.82, 2.24) is 0 Å². The van der Waals surface area contributed by atoms with Crippen molar-refractivity contribution in [2.24, 2.45) is 0 Å². The Balaban J connectivity index is 3.13. The van der Waals surface area contributed by atoms with Gasteiger partial charge in [0.15, 0.2) is 11.4 Å². The normalized spacial score (nSPS) is 9.67. The molecule has 0 bridgehead atoms. The highest BCUT2D eigenvalue weighted by Gasteiger charge is 2.13. The first-order valence-corrected chi connectivity index (χ1v) is 4.78. The lowest BCUT2D eigenvalue weighted by molar-refractivity contribution is -0.385. The number of aldehydes is 1. The summed E-state index contributed by atoms with van der Waals surface area (Å²) in [4.78, 5) is 31.7. The lowest BCUT2D eigenvalue weighted by Crippen LogP contribution is -1.94. The van der Waals surface area contributed by atoms with E-state index in [0.717, 1.165) is 11.8 Å². The Morgan fingerprint density at radius 3 is 2.67 bits per heavy atom. The molecule has 0 aromatic heterocycles. The monoisotopic (exact) mass is 225 g/mol. The van der Waals surface area contributed by atoms with Crippen molar-refractivity contribution < 1.29 is 14.5 Å². The summed E-state index contributed by atoms with van der Waals surface area (Å²) >= 11 is 0.928. The molecule has 5 nitrogen and oxygen atoms in total. The molecule has 0 N–H and O–H groups in total. The summed E-state index contributed by atoms with van der Waals surface area (Å²) in [6.45, 7) is 1.38. The Hall–Kier alpha value is -1.69. The third-order valence-electron chi connectivity index (χ3n) is 1.58. The van der Waals surface area contributed by atoms with Crippen LogP contribution in [0.25, 0.3) is 0 Å². The number of nitrogens with zero attached hydrogens (tertiary/aromatic N) is 1. The van der Waals surface area contributed by atoms with Gasteiger partial charge in [0.25, 0.3) is 5.69 Å². The molecule has 1 rings (SSSR count). The fourth-order valence-corrected chi connectivity index (χ4v) is 1.68. The maximum absolute atomic E-state index is 10.8. The predicted octanol–water partition coefficient (Wildman–Crippen LogP) is 2.05. The van der Waals surface area contributed by atoms with E-state index in [1.807, 2.05) is 0 Å². The molecule has 0 saturated heterocycles. The SMILES string of the molecule is CC(=O)Sc1ccc([N+](=O)[O-])c(C=O)c1. The van der Waals surface area contributed by atoms with Gasteiger partial charge in [-0.25, -0.2) is 0 Å². The van der Waals surface area contributed by atoms with Gasteiger partial charge in [-0.1, -0.05) is 11.8 Å². The van der Waals surface area contributed by atoms with Crippen LogP contribution in [0.5, 0.6) is 0 Å². The lowest BCUT2D eigenvalue weighted by atomic mass is 10.2. The van der Waals surface area contributed by atoms with Gasteiger partial charge in [0.1, 0.15) is 0 Å². The van der Waals surface area contributed by atoms with E-state index in [2.05, 4.69) is 0 Å². The van der Waals surface area contributed by atoms with Crippen molar-refractivity contribution in [1.29, 1.82) is 0 Å². The Labute approximate surface area is 89.6 Å². The third-order valence-corrected chi connectivity index (χ3v) is 2.36. The maximum atomic E-state index is 10.8. The maximum Gasteiger partial charge on any atom is 0.279 e. The Kier molecular flexibility index (Phi) is 3.56. The Bertz CT molecular complexity index is 430. The summed E-state index contributed by atoms with van der Waals surface area (Å²) in [6.07, 6.45) is 0.405. The molecule has 0 amide bonds. The standard InChI is InChI=1S/C9H7NO4S/c1-6(12)15-8-2-3-9(10(13)14)7(4-8)5-11/h2-5H,1H3. The van der Waals surface area contributed by atoms with Gasteiger partial charge in [0, 0.05) is 17.9 Å². The average molecular weight is 225 g/mol. The van der Waals surface area contributed by atoms with Gasteiger partial charge in [-0.15, -0.1) is 0 Å². The summed E-state index contributed by atoms with van der Waals surface area (Å²) in [5, 5.41) is 10.3. The molecular formula is C9H7NO4S. The van der Waals surface area contributed by atoms with Crippen molar-refractivity contribution in [3.8, 4) is 0 Å². The molecule has 1 aromatic rings. The minimum atomic E-state index is -0.633. The molecule has 0 fully saturated rings. The number of thioether (sulfide) groups is 1. The number of benzene rings is 1. The topological polar surface area (TPSA) is 77.3 Å². The first kappa shape index (κ1) is 11.4. The predicted molar refractivity (Wildman–Crippen MR) is 55.0 cm³/mol. The number of nitro groups is 1. The summed E-state index contributed by atoms with van der Waals surface area (Å²) in [6, 6.07) is 3.99. The zero-order valence-electron chi connectivity index (χ0n) is 7.80. The van der Waals surface area contributed by atoms with Gasteiger partial charge in [-0.3, -0.25) is 19.7 Å². The summed E-state index contributed by atoms with van der Waals surface area (Å²) < 4.78 is 0. The van der Waals surface area contributed by atoms with Gasteiger partial charge in [0.05, 0.1) is 10.5 Å². The first-order valence-electron chi connectivity index (χ1n) is 3.96. The smallest absolute Gasteiger partial charge is 0.279 e.